The lowest BCUT2D eigenvalue weighted by Gasteiger charge is -2.20. The van der Waals surface area contributed by atoms with Crippen molar-refractivity contribution in [1.29, 1.82) is 0 Å². The van der Waals surface area contributed by atoms with Crippen LogP contribution in [0.4, 0.5) is 5.69 Å². The van der Waals surface area contributed by atoms with E-state index in [4.69, 9.17) is 12.2 Å². The number of hydrazone groups is 1. The van der Waals surface area contributed by atoms with Crippen molar-refractivity contribution >= 4 is 28.7 Å². The van der Waals surface area contributed by atoms with Crippen LogP contribution in [0.2, 0.25) is 0 Å². The highest BCUT2D eigenvalue weighted by Crippen LogP contribution is 2.20. The third-order valence-corrected chi connectivity index (χ3v) is 4.22. The van der Waals surface area contributed by atoms with Gasteiger partial charge in [-0.05, 0) is 61.0 Å². The summed E-state index contributed by atoms with van der Waals surface area (Å²) in [6.07, 6.45) is 4.87. The van der Waals surface area contributed by atoms with E-state index in [1.54, 1.807) is 0 Å². The Morgan fingerprint density at radius 3 is 2.57 bits per heavy atom. The van der Waals surface area contributed by atoms with Gasteiger partial charge in [-0.15, -0.1) is 0 Å². The van der Waals surface area contributed by atoms with Crippen LogP contribution >= 0.6 is 12.2 Å². The first-order chi connectivity index (χ1) is 10.1. The molecule has 4 heteroatoms. The summed E-state index contributed by atoms with van der Waals surface area (Å²) in [6, 6.07) is 8.37. The smallest absolute Gasteiger partial charge is 0.191 e. The molecule has 0 amide bonds. The van der Waals surface area contributed by atoms with Gasteiger partial charge in [0, 0.05) is 11.4 Å². The SMILES string of the molecule is CC(C)c1ccc(NC(=S)NN=C2CCCC[C@@H]2C)cc1. The highest BCUT2D eigenvalue weighted by Gasteiger charge is 2.15. The summed E-state index contributed by atoms with van der Waals surface area (Å²) >= 11 is 5.30. The Bertz CT molecular complexity index is 505. The lowest BCUT2D eigenvalue weighted by Crippen LogP contribution is -2.27. The van der Waals surface area contributed by atoms with E-state index < -0.39 is 0 Å². The number of nitrogens with zero attached hydrogens (tertiary/aromatic N) is 1. The van der Waals surface area contributed by atoms with Crippen molar-refractivity contribution in [2.75, 3.05) is 5.32 Å². The molecule has 0 saturated heterocycles. The number of benzene rings is 1. The predicted molar refractivity (Wildman–Crippen MR) is 95.0 cm³/mol. The van der Waals surface area contributed by atoms with Crippen molar-refractivity contribution in [1.82, 2.24) is 5.43 Å². The molecule has 1 aromatic carbocycles. The molecule has 0 radical (unpaired) electrons. The maximum Gasteiger partial charge on any atom is 0.191 e. The van der Waals surface area contributed by atoms with Gasteiger partial charge in [0.2, 0.25) is 0 Å². The summed E-state index contributed by atoms with van der Waals surface area (Å²) in [5.41, 5.74) is 6.54. The fraction of sp³-hybridized carbons (Fsp3) is 0.529. The summed E-state index contributed by atoms with van der Waals surface area (Å²) < 4.78 is 0. The number of anilines is 1. The Hall–Kier alpha value is -1.42. The molecular formula is C17H25N3S. The monoisotopic (exact) mass is 303 g/mol. The molecule has 0 bridgehead atoms. The van der Waals surface area contributed by atoms with Gasteiger partial charge < -0.3 is 5.32 Å². The minimum atomic E-state index is 0.545. The first kappa shape index (κ1) is 16.0. The summed E-state index contributed by atoms with van der Waals surface area (Å²) in [4.78, 5) is 0. The van der Waals surface area contributed by atoms with Gasteiger partial charge in [0.25, 0.3) is 0 Å². The molecule has 0 spiro atoms. The van der Waals surface area contributed by atoms with Crippen LogP contribution in [-0.4, -0.2) is 10.8 Å². The number of rotatable bonds is 3. The maximum atomic E-state index is 5.30. The standard InChI is InChI=1S/C17H25N3S/c1-12(2)14-8-10-15(11-9-14)18-17(21)20-19-16-7-5-4-6-13(16)3/h8-13H,4-7H2,1-3H3,(H2,18,20,21)/t13-/m0/s1. The molecule has 0 aliphatic heterocycles. The van der Waals surface area contributed by atoms with Crippen LogP contribution in [0.1, 0.15) is 57.9 Å². The van der Waals surface area contributed by atoms with Gasteiger partial charge in [0.1, 0.15) is 0 Å². The Balaban J connectivity index is 1.88. The number of hydrogen-bond donors (Lipinski definition) is 2. The second-order valence-electron chi connectivity index (χ2n) is 6.09. The lowest BCUT2D eigenvalue weighted by atomic mass is 9.89. The van der Waals surface area contributed by atoms with Gasteiger partial charge in [-0.25, -0.2) is 0 Å². The summed E-state index contributed by atoms with van der Waals surface area (Å²) in [5, 5.41) is 8.20. The largest absolute Gasteiger partial charge is 0.331 e. The highest BCUT2D eigenvalue weighted by molar-refractivity contribution is 7.80. The second kappa shape index (κ2) is 7.55. The molecular weight excluding hydrogens is 278 g/mol. The van der Waals surface area contributed by atoms with Crippen molar-refractivity contribution in [3.63, 3.8) is 0 Å². The molecule has 1 atom stereocenters. The molecule has 1 aliphatic rings. The zero-order chi connectivity index (χ0) is 15.2. The molecule has 0 heterocycles. The first-order valence-corrected chi connectivity index (χ1v) is 8.20. The molecule has 1 saturated carbocycles. The number of hydrogen-bond acceptors (Lipinski definition) is 2. The summed E-state index contributed by atoms with van der Waals surface area (Å²) in [6.45, 7) is 6.62. The Morgan fingerprint density at radius 2 is 1.95 bits per heavy atom. The van der Waals surface area contributed by atoms with Crippen molar-refractivity contribution in [2.24, 2.45) is 11.0 Å². The zero-order valence-electron chi connectivity index (χ0n) is 13.1. The molecule has 1 aromatic rings. The lowest BCUT2D eigenvalue weighted by molar-refractivity contribution is 0.555. The zero-order valence-corrected chi connectivity index (χ0v) is 14.0. The third kappa shape index (κ3) is 4.81. The molecule has 114 valence electrons. The summed E-state index contributed by atoms with van der Waals surface area (Å²) in [5.74, 6) is 1.11. The fourth-order valence-corrected chi connectivity index (χ4v) is 2.73. The van der Waals surface area contributed by atoms with Gasteiger partial charge in [0.15, 0.2) is 5.11 Å². The van der Waals surface area contributed by atoms with Crippen molar-refractivity contribution in [2.45, 2.75) is 52.4 Å². The van der Waals surface area contributed by atoms with Gasteiger partial charge in [-0.1, -0.05) is 39.3 Å². The third-order valence-electron chi connectivity index (χ3n) is 4.03. The maximum absolute atomic E-state index is 5.30. The van der Waals surface area contributed by atoms with Gasteiger partial charge in [-0.3, -0.25) is 5.43 Å². The van der Waals surface area contributed by atoms with Crippen LogP contribution < -0.4 is 10.7 Å². The molecule has 0 aromatic heterocycles. The van der Waals surface area contributed by atoms with Gasteiger partial charge >= 0.3 is 0 Å². The Morgan fingerprint density at radius 1 is 1.24 bits per heavy atom. The first-order valence-electron chi connectivity index (χ1n) is 7.79. The van der Waals surface area contributed by atoms with E-state index in [0.717, 1.165) is 12.1 Å². The normalized spacial score (nSPS) is 20.6. The molecule has 1 fully saturated rings. The van der Waals surface area contributed by atoms with E-state index in [-0.39, 0.29) is 0 Å². The minimum absolute atomic E-state index is 0.545. The quantitative estimate of drug-likeness (QED) is 0.629. The van der Waals surface area contributed by atoms with E-state index in [9.17, 15) is 0 Å². The summed E-state index contributed by atoms with van der Waals surface area (Å²) in [7, 11) is 0. The molecule has 0 unspecified atom stereocenters. The molecule has 2 rings (SSSR count). The van der Waals surface area contributed by atoms with Crippen LogP contribution in [0.5, 0.6) is 0 Å². The van der Waals surface area contributed by atoms with Crippen LogP contribution in [0, 0.1) is 5.92 Å². The average Bonchev–Trinajstić information content (AvgIpc) is 2.47. The van der Waals surface area contributed by atoms with E-state index in [0.29, 0.717) is 16.9 Å². The van der Waals surface area contributed by atoms with Crippen molar-refractivity contribution < 1.29 is 0 Å². The highest BCUT2D eigenvalue weighted by atomic mass is 32.1. The minimum Gasteiger partial charge on any atom is -0.331 e. The van der Waals surface area contributed by atoms with Crippen LogP contribution in [0.15, 0.2) is 29.4 Å². The van der Waals surface area contributed by atoms with E-state index in [2.05, 4.69) is 60.9 Å². The van der Waals surface area contributed by atoms with E-state index in [1.807, 2.05) is 0 Å². The Kier molecular flexibility index (Phi) is 5.74. The van der Waals surface area contributed by atoms with Gasteiger partial charge in [0.05, 0.1) is 0 Å². The number of thiocarbonyl (C=S) groups is 1. The van der Waals surface area contributed by atoms with Crippen molar-refractivity contribution in [3.05, 3.63) is 29.8 Å². The fourth-order valence-electron chi connectivity index (χ4n) is 2.57. The molecule has 21 heavy (non-hydrogen) atoms. The van der Waals surface area contributed by atoms with E-state index >= 15 is 0 Å². The van der Waals surface area contributed by atoms with Crippen molar-refractivity contribution in [3.8, 4) is 0 Å². The number of nitrogens with one attached hydrogen (secondary N) is 2. The predicted octanol–water partition coefficient (Wildman–Crippen LogP) is 4.66. The van der Waals surface area contributed by atoms with E-state index in [1.165, 1.54) is 30.5 Å². The van der Waals surface area contributed by atoms with Crippen LogP contribution in [0.25, 0.3) is 0 Å². The van der Waals surface area contributed by atoms with Crippen LogP contribution in [-0.2, 0) is 0 Å². The van der Waals surface area contributed by atoms with Gasteiger partial charge in [-0.2, -0.15) is 5.10 Å². The second-order valence-corrected chi connectivity index (χ2v) is 6.50. The molecule has 3 nitrogen and oxygen atoms in total. The van der Waals surface area contributed by atoms with Crippen LogP contribution in [0.3, 0.4) is 0 Å². The average molecular weight is 303 g/mol. The molecule has 1 aliphatic carbocycles. The Labute approximate surface area is 133 Å². The topological polar surface area (TPSA) is 36.4 Å². The molecule has 2 N–H and O–H groups in total.